The third-order valence-corrected chi connectivity index (χ3v) is 3.36. The summed E-state index contributed by atoms with van der Waals surface area (Å²) < 4.78 is 0.583. The number of halogens is 1. The minimum atomic E-state index is -0.531. The van der Waals surface area contributed by atoms with Crippen molar-refractivity contribution in [3.63, 3.8) is 0 Å². The molecule has 0 fully saturated rings. The van der Waals surface area contributed by atoms with Gasteiger partial charge in [0.25, 0.3) is 5.69 Å². The van der Waals surface area contributed by atoms with E-state index in [-0.39, 0.29) is 29.2 Å². The number of amides is 1. The van der Waals surface area contributed by atoms with Crippen molar-refractivity contribution in [1.29, 1.82) is 0 Å². The third kappa shape index (κ3) is 3.18. The van der Waals surface area contributed by atoms with Crippen LogP contribution >= 0.6 is 15.9 Å². The maximum Gasteiger partial charge on any atom is 0.293 e. The first-order valence-electron chi connectivity index (χ1n) is 5.66. The molecular weight excluding hydrogens is 314 g/mol. The van der Waals surface area contributed by atoms with Gasteiger partial charge in [-0.25, -0.2) is 0 Å². The molecular formula is C12H12BrN3O3. The fourth-order valence-corrected chi connectivity index (χ4v) is 2.26. The standard InChI is InChI=1S/C12H12BrN3O3/c13-8-2-4-10(11(6-8)16(18)19)15-12(17)7-1-3-9(14)5-7/h1-4,6-7,9H,5,14H2,(H,15,17). The number of nitrogens with one attached hydrogen (secondary N) is 1. The van der Waals surface area contributed by atoms with E-state index in [9.17, 15) is 14.9 Å². The quantitative estimate of drug-likeness (QED) is 0.505. The Balaban J connectivity index is 2.17. The van der Waals surface area contributed by atoms with Crippen molar-refractivity contribution in [2.24, 2.45) is 11.7 Å². The van der Waals surface area contributed by atoms with Crippen molar-refractivity contribution in [3.8, 4) is 0 Å². The molecule has 100 valence electrons. The number of nitro groups is 1. The van der Waals surface area contributed by atoms with Gasteiger partial charge in [0.1, 0.15) is 5.69 Å². The molecule has 0 saturated carbocycles. The van der Waals surface area contributed by atoms with Gasteiger partial charge in [-0.05, 0) is 18.6 Å². The number of hydrogen-bond acceptors (Lipinski definition) is 4. The van der Waals surface area contributed by atoms with E-state index >= 15 is 0 Å². The van der Waals surface area contributed by atoms with Crippen LogP contribution in [0.5, 0.6) is 0 Å². The van der Waals surface area contributed by atoms with E-state index < -0.39 is 4.92 Å². The van der Waals surface area contributed by atoms with Crippen molar-refractivity contribution < 1.29 is 9.72 Å². The van der Waals surface area contributed by atoms with Gasteiger partial charge in [0.05, 0.1) is 10.8 Å². The number of nitrogens with zero attached hydrogens (tertiary/aromatic N) is 1. The average molecular weight is 326 g/mol. The number of nitro benzene ring substituents is 1. The molecule has 0 saturated heterocycles. The molecule has 0 aromatic heterocycles. The molecule has 0 spiro atoms. The number of carbonyl (C=O) groups excluding carboxylic acids is 1. The Morgan fingerprint density at radius 2 is 2.21 bits per heavy atom. The Kier molecular flexibility index (Phi) is 3.96. The van der Waals surface area contributed by atoms with Crippen LogP contribution in [-0.4, -0.2) is 16.9 Å². The van der Waals surface area contributed by atoms with E-state index in [0.717, 1.165) is 0 Å². The van der Waals surface area contributed by atoms with E-state index in [2.05, 4.69) is 21.2 Å². The first-order valence-corrected chi connectivity index (χ1v) is 6.45. The van der Waals surface area contributed by atoms with Gasteiger partial charge < -0.3 is 11.1 Å². The lowest BCUT2D eigenvalue weighted by molar-refractivity contribution is -0.384. The molecule has 3 N–H and O–H groups in total. The first-order chi connectivity index (χ1) is 8.97. The Labute approximate surface area is 117 Å². The fourth-order valence-electron chi connectivity index (χ4n) is 1.91. The predicted octanol–water partition coefficient (Wildman–Crippen LogP) is 2.20. The number of benzene rings is 1. The molecule has 0 aliphatic heterocycles. The summed E-state index contributed by atoms with van der Waals surface area (Å²) in [5, 5.41) is 13.5. The maximum atomic E-state index is 12.0. The lowest BCUT2D eigenvalue weighted by Gasteiger charge is -2.10. The third-order valence-electron chi connectivity index (χ3n) is 2.87. The molecule has 19 heavy (non-hydrogen) atoms. The van der Waals surface area contributed by atoms with Gasteiger partial charge in [-0.2, -0.15) is 0 Å². The van der Waals surface area contributed by atoms with Crippen LogP contribution in [0.15, 0.2) is 34.8 Å². The second kappa shape index (κ2) is 5.50. The van der Waals surface area contributed by atoms with Crippen LogP contribution < -0.4 is 11.1 Å². The van der Waals surface area contributed by atoms with E-state index in [4.69, 9.17) is 5.73 Å². The number of nitrogens with two attached hydrogens (primary N) is 1. The highest BCUT2D eigenvalue weighted by molar-refractivity contribution is 9.10. The molecule has 1 aromatic rings. The summed E-state index contributed by atoms with van der Waals surface area (Å²) in [4.78, 5) is 22.4. The molecule has 1 aliphatic rings. The van der Waals surface area contributed by atoms with Crippen LogP contribution in [-0.2, 0) is 4.79 Å². The van der Waals surface area contributed by atoms with Crippen molar-refractivity contribution in [2.75, 3.05) is 5.32 Å². The molecule has 0 bridgehead atoms. The summed E-state index contributed by atoms with van der Waals surface area (Å²) >= 11 is 3.16. The summed E-state index contributed by atoms with van der Waals surface area (Å²) in [7, 11) is 0. The SMILES string of the molecule is NC1C=CC(C(=O)Nc2ccc(Br)cc2[N+](=O)[O-])C1. The van der Waals surface area contributed by atoms with E-state index in [0.29, 0.717) is 10.9 Å². The van der Waals surface area contributed by atoms with Gasteiger partial charge in [0.2, 0.25) is 5.91 Å². The van der Waals surface area contributed by atoms with Gasteiger partial charge in [-0.1, -0.05) is 28.1 Å². The van der Waals surface area contributed by atoms with Crippen molar-refractivity contribution in [2.45, 2.75) is 12.5 Å². The van der Waals surface area contributed by atoms with Crippen molar-refractivity contribution >= 4 is 33.2 Å². The second-order valence-corrected chi connectivity index (χ2v) is 5.21. The Hall–Kier alpha value is -1.73. The van der Waals surface area contributed by atoms with Gasteiger partial charge in [-0.3, -0.25) is 14.9 Å². The van der Waals surface area contributed by atoms with Gasteiger partial charge >= 0.3 is 0 Å². The highest BCUT2D eigenvalue weighted by atomic mass is 79.9. The van der Waals surface area contributed by atoms with Crippen LogP contribution in [0.2, 0.25) is 0 Å². The molecule has 2 atom stereocenters. The second-order valence-electron chi connectivity index (χ2n) is 4.30. The summed E-state index contributed by atoms with van der Waals surface area (Å²) in [5.74, 6) is -0.618. The number of anilines is 1. The topological polar surface area (TPSA) is 98.3 Å². The van der Waals surface area contributed by atoms with Gasteiger partial charge in [0.15, 0.2) is 0 Å². The average Bonchev–Trinajstić information content (AvgIpc) is 2.78. The minimum Gasteiger partial charge on any atom is -0.324 e. The molecule has 6 nitrogen and oxygen atoms in total. The smallest absolute Gasteiger partial charge is 0.293 e. The van der Waals surface area contributed by atoms with Crippen molar-refractivity contribution in [3.05, 3.63) is 44.9 Å². The maximum absolute atomic E-state index is 12.0. The van der Waals surface area contributed by atoms with Gasteiger partial charge in [-0.15, -0.1) is 0 Å². The summed E-state index contributed by atoms with van der Waals surface area (Å²) in [6.07, 6.45) is 4.01. The lowest BCUT2D eigenvalue weighted by Crippen LogP contribution is -2.24. The Morgan fingerprint density at radius 3 is 2.79 bits per heavy atom. The zero-order valence-corrected chi connectivity index (χ0v) is 11.5. The summed E-state index contributed by atoms with van der Waals surface area (Å²) in [6, 6.07) is 4.36. The Morgan fingerprint density at radius 1 is 1.47 bits per heavy atom. The molecule has 0 heterocycles. The minimum absolute atomic E-state index is 0.129. The highest BCUT2D eigenvalue weighted by Crippen LogP contribution is 2.29. The van der Waals surface area contributed by atoms with Crippen LogP contribution in [0.4, 0.5) is 11.4 Å². The molecule has 1 amide bonds. The Bertz CT molecular complexity index is 559. The molecule has 7 heteroatoms. The summed E-state index contributed by atoms with van der Waals surface area (Å²) in [5.41, 5.74) is 5.72. The normalized spacial score (nSPS) is 21.4. The molecule has 1 aliphatic carbocycles. The van der Waals surface area contributed by atoms with Crippen LogP contribution in [0, 0.1) is 16.0 Å². The molecule has 0 radical (unpaired) electrons. The van der Waals surface area contributed by atoms with E-state index in [1.165, 1.54) is 12.1 Å². The van der Waals surface area contributed by atoms with Crippen LogP contribution in [0.1, 0.15) is 6.42 Å². The van der Waals surface area contributed by atoms with Gasteiger partial charge in [0, 0.05) is 16.6 Å². The van der Waals surface area contributed by atoms with E-state index in [1.54, 1.807) is 18.2 Å². The molecule has 1 aromatic carbocycles. The van der Waals surface area contributed by atoms with Crippen LogP contribution in [0.3, 0.4) is 0 Å². The number of rotatable bonds is 3. The molecule has 2 rings (SSSR count). The van der Waals surface area contributed by atoms with Crippen molar-refractivity contribution in [1.82, 2.24) is 0 Å². The number of carbonyl (C=O) groups is 1. The highest BCUT2D eigenvalue weighted by Gasteiger charge is 2.25. The predicted molar refractivity (Wildman–Crippen MR) is 74.6 cm³/mol. The lowest BCUT2D eigenvalue weighted by atomic mass is 10.1. The zero-order valence-electron chi connectivity index (χ0n) is 9.88. The zero-order chi connectivity index (χ0) is 14.0. The largest absolute Gasteiger partial charge is 0.324 e. The monoisotopic (exact) mass is 325 g/mol. The van der Waals surface area contributed by atoms with E-state index in [1.807, 2.05) is 0 Å². The first kappa shape index (κ1) is 13.7. The van der Waals surface area contributed by atoms with Crippen LogP contribution in [0.25, 0.3) is 0 Å². The fraction of sp³-hybridized carbons (Fsp3) is 0.250. The summed E-state index contributed by atoms with van der Waals surface area (Å²) in [6.45, 7) is 0. The molecule has 2 unspecified atom stereocenters. The number of hydrogen-bond donors (Lipinski definition) is 2.